The summed E-state index contributed by atoms with van der Waals surface area (Å²) in [6.07, 6.45) is 1.92. The molecule has 0 saturated carbocycles. The van der Waals surface area contributed by atoms with E-state index in [1.165, 1.54) is 0 Å². The summed E-state index contributed by atoms with van der Waals surface area (Å²) in [6, 6.07) is 12.0. The lowest BCUT2D eigenvalue weighted by Crippen LogP contribution is -2.06. The second-order valence-corrected chi connectivity index (χ2v) is 4.61. The lowest BCUT2D eigenvalue weighted by molar-refractivity contribution is 0.548. The molecule has 0 unspecified atom stereocenters. The summed E-state index contributed by atoms with van der Waals surface area (Å²) in [5.74, 6) is 0.702. The zero-order valence-corrected chi connectivity index (χ0v) is 11.1. The maximum absolute atomic E-state index is 5.51. The van der Waals surface area contributed by atoms with Gasteiger partial charge < -0.3 is 5.73 Å². The third kappa shape index (κ3) is 2.50. The molecule has 0 aliphatic carbocycles. The summed E-state index contributed by atoms with van der Waals surface area (Å²) in [5.41, 5.74) is 7.24. The van der Waals surface area contributed by atoms with Crippen molar-refractivity contribution >= 4 is 10.9 Å². The summed E-state index contributed by atoms with van der Waals surface area (Å²) in [7, 11) is 0. The van der Waals surface area contributed by atoms with E-state index in [-0.39, 0.29) is 0 Å². The largest absolute Gasteiger partial charge is 0.330 e. The van der Waals surface area contributed by atoms with Crippen LogP contribution in [0.2, 0.25) is 0 Å². The van der Waals surface area contributed by atoms with Crippen molar-refractivity contribution in [3.8, 4) is 11.5 Å². The molecule has 3 aromatic rings. The predicted octanol–water partition coefficient (Wildman–Crippen LogP) is 1.63. The number of benzene rings is 1. The van der Waals surface area contributed by atoms with E-state index < -0.39 is 0 Å². The fourth-order valence-corrected chi connectivity index (χ4v) is 2.14. The minimum Gasteiger partial charge on any atom is -0.330 e. The van der Waals surface area contributed by atoms with E-state index in [1.54, 1.807) is 4.68 Å². The van der Waals surface area contributed by atoms with Gasteiger partial charge in [0.25, 0.3) is 0 Å². The smallest absolute Gasteiger partial charge is 0.200 e. The maximum Gasteiger partial charge on any atom is 0.200 e. The van der Waals surface area contributed by atoms with Crippen LogP contribution in [-0.2, 0) is 6.54 Å². The zero-order chi connectivity index (χ0) is 13.8. The summed E-state index contributed by atoms with van der Waals surface area (Å²) in [6.45, 7) is 1.44. The van der Waals surface area contributed by atoms with Crippen molar-refractivity contribution in [3.05, 3.63) is 36.4 Å². The summed E-state index contributed by atoms with van der Waals surface area (Å²) < 4.78 is 1.78. The van der Waals surface area contributed by atoms with Gasteiger partial charge >= 0.3 is 0 Å². The SMILES string of the molecule is NCCCCn1nnnc1-c1ccc2ccccc2n1. The van der Waals surface area contributed by atoms with Gasteiger partial charge in [-0.3, -0.25) is 0 Å². The predicted molar refractivity (Wildman–Crippen MR) is 76.8 cm³/mol. The molecule has 0 bridgehead atoms. The summed E-state index contributed by atoms with van der Waals surface area (Å²) >= 11 is 0. The topological polar surface area (TPSA) is 82.5 Å². The van der Waals surface area contributed by atoms with Gasteiger partial charge in [-0.05, 0) is 41.9 Å². The molecule has 20 heavy (non-hydrogen) atoms. The molecule has 6 nitrogen and oxygen atoms in total. The quantitative estimate of drug-likeness (QED) is 0.711. The van der Waals surface area contributed by atoms with Crippen LogP contribution in [0.15, 0.2) is 36.4 Å². The number of para-hydroxylation sites is 1. The van der Waals surface area contributed by atoms with E-state index in [4.69, 9.17) is 5.73 Å². The highest BCUT2D eigenvalue weighted by Gasteiger charge is 2.10. The molecule has 0 amide bonds. The van der Waals surface area contributed by atoms with E-state index in [0.717, 1.165) is 36.0 Å². The second kappa shape index (κ2) is 5.75. The molecule has 0 aliphatic heterocycles. The van der Waals surface area contributed by atoms with Gasteiger partial charge in [-0.25, -0.2) is 9.67 Å². The van der Waals surface area contributed by atoms with Crippen LogP contribution in [0.25, 0.3) is 22.4 Å². The van der Waals surface area contributed by atoms with Gasteiger partial charge in [-0.15, -0.1) is 5.10 Å². The number of hydrogen-bond donors (Lipinski definition) is 1. The van der Waals surface area contributed by atoms with Gasteiger partial charge in [-0.1, -0.05) is 24.3 Å². The zero-order valence-electron chi connectivity index (χ0n) is 11.1. The van der Waals surface area contributed by atoms with E-state index in [0.29, 0.717) is 12.4 Å². The minimum atomic E-state index is 0.686. The molecule has 2 aromatic heterocycles. The van der Waals surface area contributed by atoms with Gasteiger partial charge in [-0.2, -0.15) is 0 Å². The van der Waals surface area contributed by atoms with Gasteiger partial charge in [0.05, 0.1) is 5.52 Å². The van der Waals surface area contributed by atoms with Crippen LogP contribution < -0.4 is 5.73 Å². The highest BCUT2D eigenvalue weighted by molar-refractivity contribution is 5.80. The molecular weight excluding hydrogens is 252 g/mol. The average Bonchev–Trinajstić information content (AvgIpc) is 2.95. The summed E-state index contributed by atoms with van der Waals surface area (Å²) in [5, 5.41) is 13.0. The number of aromatic nitrogens is 5. The van der Waals surface area contributed by atoms with Crippen molar-refractivity contribution in [1.29, 1.82) is 0 Å². The van der Waals surface area contributed by atoms with Crippen molar-refractivity contribution in [2.45, 2.75) is 19.4 Å². The third-order valence-corrected chi connectivity index (χ3v) is 3.18. The average molecular weight is 268 g/mol. The van der Waals surface area contributed by atoms with Gasteiger partial charge in [0.15, 0.2) is 0 Å². The van der Waals surface area contributed by atoms with Crippen LogP contribution in [-0.4, -0.2) is 31.7 Å². The Hall–Kier alpha value is -2.34. The first-order valence-corrected chi connectivity index (χ1v) is 6.71. The highest BCUT2D eigenvalue weighted by Crippen LogP contribution is 2.18. The third-order valence-electron chi connectivity index (χ3n) is 3.18. The molecule has 0 radical (unpaired) electrons. The Bertz CT molecular complexity index is 705. The van der Waals surface area contributed by atoms with Crippen LogP contribution in [0, 0.1) is 0 Å². The Morgan fingerprint density at radius 1 is 1.05 bits per heavy atom. The minimum absolute atomic E-state index is 0.686. The fourth-order valence-electron chi connectivity index (χ4n) is 2.14. The second-order valence-electron chi connectivity index (χ2n) is 4.61. The van der Waals surface area contributed by atoms with Crippen LogP contribution in [0.1, 0.15) is 12.8 Å². The number of rotatable bonds is 5. The standard InChI is InChI=1S/C14H16N6/c15-9-3-4-10-20-14(17-18-19-20)13-8-7-11-5-1-2-6-12(11)16-13/h1-2,5-8H,3-4,9-10,15H2. The molecule has 6 heteroatoms. The molecule has 0 saturated heterocycles. The van der Waals surface area contributed by atoms with Crippen molar-refractivity contribution in [2.24, 2.45) is 5.73 Å². The van der Waals surface area contributed by atoms with Crippen molar-refractivity contribution in [3.63, 3.8) is 0 Å². The number of pyridine rings is 1. The van der Waals surface area contributed by atoms with Crippen molar-refractivity contribution in [2.75, 3.05) is 6.54 Å². The van der Waals surface area contributed by atoms with E-state index >= 15 is 0 Å². The molecule has 0 aliphatic rings. The first-order chi connectivity index (χ1) is 9.88. The molecule has 0 atom stereocenters. The number of hydrogen-bond acceptors (Lipinski definition) is 5. The first-order valence-electron chi connectivity index (χ1n) is 6.71. The number of nitrogens with zero attached hydrogens (tertiary/aromatic N) is 5. The first kappa shape index (κ1) is 12.7. The lowest BCUT2D eigenvalue weighted by Gasteiger charge is -2.04. The van der Waals surface area contributed by atoms with Crippen LogP contribution >= 0.6 is 0 Å². The van der Waals surface area contributed by atoms with E-state index in [1.807, 2.05) is 36.4 Å². The van der Waals surface area contributed by atoms with Crippen molar-refractivity contribution in [1.82, 2.24) is 25.2 Å². The number of nitrogens with two attached hydrogens (primary N) is 1. The van der Waals surface area contributed by atoms with Crippen LogP contribution in [0.3, 0.4) is 0 Å². The van der Waals surface area contributed by atoms with E-state index in [2.05, 4.69) is 20.5 Å². The number of tetrazole rings is 1. The number of fused-ring (bicyclic) bond motifs is 1. The molecule has 0 spiro atoms. The number of unbranched alkanes of at least 4 members (excludes halogenated alkanes) is 1. The highest BCUT2D eigenvalue weighted by atomic mass is 15.5. The van der Waals surface area contributed by atoms with Crippen LogP contribution in [0.5, 0.6) is 0 Å². The van der Waals surface area contributed by atoms with Crippen molar-refractivity contribution < 1.29 is 0 Å². The Morgan fingerprint density at radius 3 is 2.85 bits per heavy atom. The molecule has 3 rings (SSSR count). The Morgan fingerprint density at radius 2 is 1.95 bits per heavy atom. The molecular formula is C14H16N6. The Kier molecular flexibility index (Phi) is 3.64. The molecule has 0 fully saturated rings. The van der Waals surface area contributed by atoms with Gasteiger partial charge in [0.1, 0.15) is 5.69 Å². The fraction of sp³-hybridized carbons (Fsp3) is 0.286. The lowest BCUT2D eigenvalue weighted by atomic mass is 10.2. The Balaban J connectivity index is 1.92. The van der Waals surface area contributed by atoms with E-state index in [9.17, 15) is 0 Å². The normalized spacial score (nSPS) is 11.1. The summed E-state index contributed by atoms with van der Waals surface area (Å²) in [4.78, 5) is 4.62. The Labute approximate surface area is 116 Å². The van der Waals surface area contributed by atoms with Crippen LogP contribution in [0.4, 0.5) is 0 Å². The monoisotopic (exact) mass is 268 g/mol. The molecule has 102 valence electrons. The molecule has 2 N–H and O–H groups in total. The molecule has 2 heterocycles. The number of aryl methyl sites for hydroxylation is 1. The maximum atomic E-state index is 5.51. The van der Waals surface area contributed by atoms with Gasteiger partial charge in [0, 0.05) is 11.9 Å². The van der Waals surface area contributed by atoms with Gasteiger partial charge in [0.2, 0.25) is 5.82 Å². The molecule has 1 aromatic carbocycles.